The molecule has 4 fully saturated rings. The van der Waals surface area contributed by atoms with Crippen molar-refractivity contribution in [1.82, 2.24) is 0 Å². The normalized spacial score (nSPS) is 53.4. The molecule has 142 valence electrons. The maximum atomic E-state index is 10.2. The minimum Gasteiger partial charge on any atom is -0.393 e. The molecule has 4 aliphatic carbocycles. The Labute approximate surface area is 155 Å². The van der Waals surface area contributed by atoms with Gasteiger partial charge in [-0.15, -0.1) is 6.58 Å². The highest BCUT2D eigenvalue weighted by Gasteiger charge is 2.60. The quantitative estimate of drug-likeness (QED) is 0.603. The molecule has 0 bridgehead atoms. The standard InChI is InChI=1S/C24H40O/c1-5-16(6-2)20-9-10-21-19-8-7-17-15-18(25)11-13-23(17,3)22(19)12-14-24(20,21)4/h5,16-22,25H,1,6-15H2,2-4H3/t16-,17?,18+,19?,20-,21?,22?,23+,24-/m1/s1. The lowest BCUT2D eigenvalue weighted by atomic mass is 9.44. The van der Waals surface area contributed by atoms with E-state index in [0.29, 0.717) is 10.8 Å². The molecule has 4 rings (SSSR count). The average Bonchev–Trinajstić information content (AvgIpc) is 2.94. The van der Waals surface area contributed by atoms with Crippen LogP contribution in [0.4, 0.5) is 0 Å². The summed E-state index contributed by atoms with van der Waals surface area (Å²) in [6.45, 7) is 11.8. The van der Waals surface area contributed by atoms with E-state index in [1.807, 2.05) is 0 Å². The average molecular weight is 345 g/mol. The molecular formula is C24H40O. The number of hydrogen-bond donors (Lipinski definition) is 1. The Hall–Kier alpha value is -0.300. The van der Waals surface area contributed by atoms with Crippen molar-refractivity contribution in [2.24, 2.45) is 46.3 Å². The van der Waals surface area contributed by atoms with Crippen LogP contribution in [0.5, 0.6) is 0 Å². The van der Waals surface area contributed by atoms with E-state index in [1.54, 1.807) is 0 Å². The van der Waals surface area contributed by atoms with Crippen molar-refractivity contribution in [3.8, 4) is 0 Å². The number of rotatable bonds is 3. The van der Waals surface area contributed by atoms with Gasteiger partial charge >= 0.3 is 0 Å². The monoisotopic (exact) mass is 344 g/mol. The van der Waals surface area contributed by atoms with Crippen LogP contribution in [0.2, 0.25) is 0 Å². The summed E-state index contributed by atoms with van der Waals surface area (Å²) >= 11 is 0. The fourth-order valence-corrected chi connectivity index (χ4v) is 8.59. The highest BCUT2D eigenvalue weighted by Crippen LogP contribution is 2.68. The van der Waals surface area contributed by atoms with E-state index in [0.717, 1.165) is 48.3 Å². The second-order valence-corrected chi connectivity index (χ2v) is 10.6. The second kappa shape index (κ2) is 6.39. The molecule has 0 amide bonds. The van der Waals surface area contributed by atoms with E-state index in [-0.39, 0.29) is 6.10 Å². The molecular weight excluding hydrogens is 304 g/mol. The van der Waals surface area contributed by atoms with Gasteiger partial charge in [0.2, 0.25) is 0 Å². The third kappa shape index (κ3) is 2.59. The van der Waals surface area contributed by atoms with Gasteiger partial charge in [-0.1, -0.05) is 26.8 Å². The lowest BCUT2D eigenvalue weighted by Gasteiger charge is -2.61. The maximum Gasteiger partial charge on any atom is 0.0543 e. The van der Waals surface area contributed by atoms with Gasteiger partial charge in [0.05, 0.1) is 6.10 Å². The molecule has 4 aliphatic rings. The summed E-state index contributed by atoms with van der Waals surface area (Å²) in [6.07, 6.45) is 15.5. The smallest absolute Gasteiger partial charge is 0.0543 e. The van der Waals surface area contributed by atoms with Gasteiger partial charge in [0, 0.05) is 0 Å². The largest absolute Gasteiger partial charge is 0.393 e. The van der Waals surface area contributed by atoms with Crippen molar-refractivity contribution in [1.29, 1.82) is 0 Å². The number of aliphatic hydroxyl groups is 1. The molecule has 0 saturated heterocycles. The van der Waals surface area contributed by atoms with Crippen LogP contribution in [0.3, 0.4) is 0 Å². The van der Waals surface area contributed by atoms with Crippen LogP contribution in [-0.2, 0) is 0 Å². The Balaban J connectivity index is 1.59. The van der Waals surface area contributed by atoms with E-state index < -0.39 is 0 Å². The Kier molecular flexibility index (Phi) is 4.63. The summed E-state index contributed by atoms with van der Waals surface area (Å²) in [7, 11) is 0. The molecule has 1 heteroatoms. The number of fused-ring (bicyclic) bond motifs is 5. The van der Waals surface area contributed by atoms with Crippen molar-refractivity contribution >= 4 is 0 Å². The molecule has 25 heavy (non-hydrogen) atoms. The summed E-state index contributed by atoms with van der Waals surface area (Å²) in [5.74, 6) is 5.23. The van der Waals surface area contributed by atoms with E-state index in [4.69, 9.17) is 0 Å². The fraction of sp³-hybridized carbons (Fsp3) is 0.917. The Morgan fingerprint density at radius 1 is 1.00 bits per heavy atom. The summed E-state index contributed by atoms with van der Waals surface area (Å²) < 4.78 is 0. The van der Waals surface area contributed by atoms with Crippen LogP contribution in [0.15, 0.2) is 12.7 Å². The molecule has 0 radical (unpaired) electrons. The second-order valence-electron chi connectivity index (χ2n) is 10.6. The summed E-state index contributed by atoms with van der Waals surface area (Å²) in [5.41, 5.74) is 1.08. The van der Waals surface area contributed by atoms with Crippen LogP contribution < -0.4 is 0 Å². The highest BCUT2D eigenvalue weighted by atomic mass is 16.3. The SMILES string of the molecule is C=C[C@H](CC)[C@H]1CCC2C3CCC4C[C@@H](O)CC[C@]4(C)C3CC[C@@]21C. The van der Waals surface area contributed by atoms with Gasteiger partial charge in [-0.2, -0.15) is 0 Å². The van der Waals surface area contributed by atoms with Gasteiger partial charge < -0.3 is 5.11 Å². The Bertz CT molecular complexity index is 512. The first-order chi connectivity index (χ1) is 11.9. The lowest BCUT2D eigenvalue weighted by Crippen LogP contribution is -2.54. The van der Waals surface area contributed by atoms with Gasteiger partial charge in [0.25, 0.3) is 0 Å². The van der Waals surface area contributed by atoms with Crippen LogP contribution >= 0.6 is 0 Å². The molecule has 1 nitrogen and oxygen atoms in total. The van der Waals surface area contributed by atoms with Crippen molar-refractivity contribution in [2.75, 3.05) is 0 Å². The first-order valence-electron chi connectivity index (χ1n) is 11.2. The molecule has 4 unspecified atom stereocenters. The predicted octanol–water partition coefficient (Wildman–Crippen LogP) is 6.22. The minimum absolute atomic E-state index is 0.0164. The number of allylic oxidation sites excluding steroid dienone is 1. The molecule has 4 saturated carbocycles. The Morgan fingerprint density at radius 3 is 2.44 bits per heavy atom. The van der Waals surface area contributed by atoms with E-state index in [1.165, 1.54) is 51.4 Å². The summed E-state index contributed by atoms with van der Waals surface area (Å²) in [4.78, 5) is 0. The lowest BCUT2D eigenvalue weighted by molar-refractivity contribution is -0.128. The van der Waals surface area contributed by atoms with Gasteiger partial charge in [0.15, 0.2) is 0 Å². The molecule has 0 aromatic rings. The van der Waals surface area contributed by atoms with Crippen LogP contribution in [0, 0.1) is 46.3 Å². The van der Waals surface area contributed by atoms with Gasteiger partial charge in [-0.25, -0.2) is 0 Å². The van der Waals surface area contributed by atoms with Crippen molar-refractivity contribution in [2.45, 2.75) is 91.1 Å². The Morgan fingerprint density at radius 2 is 1.72 bits per heavy atom. The highest BCUT2D eigenvalue weighted by molar-refractivity contribution is 5.10. The van der Waals surface area contributed by atoms with Crippen LogP contribution in [-0.4, -0.2) is 11.2 Å². The maximum absolute atomic E-state index is 10.2. The number of aliphatic hydroxyl groups excluding tert-OH is 1. The van der Waals surface area contributed by atoms with Crippen molar-refractivity contribution < 1.29 is 5.11 Å². The molecule has 0 aromatic carbocycles. The molecule has 1 N–H and O–H groups in total. The topological polar surface area (TPSA) is 20.2 Å². The predicted molar refractivity (Wildman–Crippen MR) is 105 cm³/mol. The zero-order valence-electron chi connectivity index (χ0n) is 16.8. The van der Waals surface area contributed by atoms with Crippen LogP contribution in [0.1, 0.15) is 85.0 Å². The molecule has 0 aliphatic heterocycles. The first-order valence-corrected chi connectivity index (χ1v) is 11.2. The van der Waals surface area contributed by atoms with Gasteiger partial charge in [0.1, 0.15) is 0 Å². The molecule has 9 atom stereocenters. The van der Waals surface area contributed by atoms with Crippen molar-refractivity contribution in [3.05, 3.63) is 12.7 Å². The minimum atomic E-state index is -0.0164. The molecule has 0 aromatic heterocycles. The number of hydrogen-bond acceptors (Lipinski definition) is 1. The van der Waals surface area contributed by atoms with E-state index in [9.17, 15) is 5.11 Å². The molecule has 0 spiro atoms. The van der Waals surface area contributed by atoms with E-state index in [2.05, 4.69) is 33.4 Å². The zero-order valence-corrected chi connectivity index (χ0v) is 16.8. The third-order valence-corrected chi connectivity index (χ3v) is 10.0. The van der Waals surface area contributed by atoms with Crippen molar-refractivity contribution in [3.63, 3.8) is 0 Å². The van der Waals surface area contributed by atoms with Gasteiger partial charge in [-0.05, 0) is 111 Å². The van der Waals surface area contributed by atoms with E-state index >= 15 is 0 Å². The zero-order chi connectivity index (χ0) is 17.8. The third-order valence-electron chi connectivity index (χ3n) is 10.0. The summed E-state index contributed by atoms with van der Waals surface area (Å²) in [5, 5.41) is 10.2. The summed E-state index contributed by atoms with van der Waals surface area (Å²) in [6, 6.07) is 0. The first kappa shape index (κ1) is 18.1. The fourth-order valence-electron chi connectivity index (χ4n) is 8.59. The van der Waals surface area contributed by atoms with Crippen LogP contribution in [0.25, 0.3) is 0 Å². The van der Waals surface area contributed by atoms with Gasteiger partial charge in [-0.3, -0.25) is 0 Å². The molecule has 0 heterocycles.